The van der Waals surface area contributed by atoms with Gasteiger partial charge in [0.25, 0.3) is 0 Å². The second-order valence-corrected chi connectivity index (χ2v) is 6.31. The maximum absolute atomic E-state index is 5.17. The van der Waals surface area contributed by atoms with Crippen molar-refractivity contribution in [3.05, 3.63) is 102 Å². The van der Waals surface area contributed by atoms with Gasteiger partial charge in [0.15, 0.2) is 0 Å². The standard InChI is InChI=1S/C23H21N5O/c1-29-20-14-12-17(13-15-20)16-24-27-23-25-21(18-8-4-2-5-9-18)22(26-28-23)19-10-6-3-7-11-19/h2-16,26H,1H3,(H2,25,27,28)/b24-16-. The van der Waals surface area contributed by atoms with E-state index in [9.17, 15) is 0 Å². The molecular formula is C23H21N5O. The van der Waals surface area contributed by atoms with Crippen molar-refractivity contribution in [2.75, 3.05) is 7.11 Å². The van der Waals surface area contributed by atoms with Gasteiger partial charge in [-0.2, -0.15) is 5.10 Å². The first-order valence-electron chi connectivity index (χ1n) is 9.22. The Bertz CT molecular complexity index is 1040. The highest BCUT2D eigenvalue weighted by atomic mass is 16.5. The van der Waals surface area contributed by atoms with Crippen molar-refractivity contribution < 1.29 is 4.74 Å². The van der Waals surface area contributed by atoms with E-state index >= 15 is 0 Å². The number of hydrazone groups is 1. The number of benzene rings is 3. The van der Waals surface area contributed by atoms with Crippen LogP contribution >= 0.6 is 0 Å². The number of hydrazine groups is 1. The lowest BCUT2D eigenvalue weighted by Crippen LogP contribution is -2.45. The highest BCUT2D eigenvalue weighted by Crippen LogP contribution is 2.26. The molecule has 0 radical (unpaired) electrons. The maximum Gasteiger partial charge on any atom is 0.236 e. The molecule has 0 spiro atoms. The Morgan fingerprint density at radius 1 is 0.828 bits per heavy atom. The van der Waals surface area contributed by atoms with Gasteiger partial charge in [0.2, 0.25) is 5.96 Å². The van der Waals surface area contributed by atoms with Gasteiger partial charge in [0.05, 0.1) is 24.7 Å². The monoisotopic (exact) mass is 383 g/mol. The van der Waals surface area contributed by atoms with Crippen molar-refractivity contribution in [2.24, 2.45) is 10.1 Å². The summed E-state index contributed by atoms with van der Waals surface area (Å²) >= 11 is 0. The molecule has 3 aromatic carbocycles. The number of methoxy groups -OCH3 is 1. The van der Waals surface area contributed by atoms with Gasteiger partial charge in [-0.25, -0.2) is 10.4 Å². The molecule has 0 saturated carbocycles. The minimum Gasteiger partial charge on any atom is -0.497 e. The lowest BCUT2D eigenvalue weighted by molar-refractivity contribution is 0.415. The normalized spacial score (nSPS) is 13.5. The number of ether oxygens (including phenoxy) is 1. The van der Waals surface area contributed by atoms with Crippen LogP contribution in [0.1, 0.15) is 16.7 Å². The number of nitrogens with one attached hydrogen (secondary N) is 3. The number of nitrogens with zero attached hydrogens (tertiary/aromatic N) is 2. The summed E-state index contributed by atoms with van der Waals surface area (Å²) in [6.07, 6.45) is 1.72. The van der Waals surface area contributed by atoms with Crippen LogP contribution in [0, 0.1) is 0 Å². The first-order valence-corrected chi connectivity index (χ1v) is 9.22. The molecule has 0 unspecified atom stereocenters. The van der Waals surface area contributed by atoms with Crippen LogP contribution in [0.5, 0.6) is 5.75 Å². The summed E-state index contributed by atoms with van der Waals surface area (Å²) < 4.78 is 5.17. The smallest absolute Gasteiger partial charge is 0.236 e. The number of rotatable bonds is 5. The number of guanidine groups is 1. The second kappa shape index (κ2) is 8.75. The summed E-state index contributed by atoms with van der Waals surface area (Å²) in [4.78, 5) is 4.75. The molecule has 0 aromatic heterocycles. The Labute approximate surface area is 169 Å². The van der Waals surface area contributed by atoms with Crippen LogP contribution in [0.4, 0.5) is 0 Å². The minimum atomic E-state index is 0.508. The molecule has 1 aliphatic heterocycles. The van der Waals surface area contributed by atoms with Gasteiger partial charge >= 0.3 is 0 Å². The van der Waals surface area contributed by atoms with Crippen molar-refractivity contribution in [2.45, 2.75) is 0 Å². The van der Waals surface area contributed by atoms with E-state index in [1.807, 2.05) is 84.9 Å². The Hall–Kier alpha value is -4.06. The summed E-state index contributed by atoms with van der Waals surface area (Å²) in [6.45, 7) is 0. The Balaban J connectivity index is 1.59. The van der Waals surface area contributed by atoms with E-state index in [1.165, 1.54) is 0 Å². The molecule has 3 aromatic rings. The largest absolute Gasteiger partial charge is 0.497 e. The number of hydrogen-bond donors (Lipinski definition) is 3. The molecule has 1 aliphatic rings. The third-order valence-corrected chi connectivity index (χ3v) is 4.38. The third kappa shape index (κ3) is 4.44. The molecule has 6 heteroatoms. The highest BCUT2D eigenvalue weighted by molar-refractivity contribution is 5.99. The van der Waals surface area contributed by atoms with Crippen molar-refractivity contribution in [1.82, 2.24) is 16.3 Å². The van der Waals surface area contributed by atoms with Gasteiger partial charge < -0.3 is 4.74 Å². The van der Waals surface area contributed by atoms with Crippen molar-refractivity contribution >= 4 is 23.6 Å². The fraction of sp³-hybridized carbons (Fsp3) is 0.0435. The van der Waals surface area contributed by atoms with Gasteiger partial charge in [0.1, 0.15) is 5.75 Å². The van der Waals surface area contributed by atoms with Crippen LogP contribution in [0.15, 0.2) is 95.0 Å². The molecule has 0 saturated heterocycles. The molecule has 0 aliphatic carbocycles. The van der Waals surface area contributed by atoms with Gasteiger partial charge in [0, 0.05) is 11.1 Å². The first kappa shape index (κ1) is 18.3. The SMILES string of the molecule is COc1ccc(/C=N\NC2=NC(c3ccccc3)=C(c3ccccc3)NN2)cc1. The molecule has 0 bridgehead atoms. The molecule has 6 nitrogen and oxygen atoms in total. The third-order valence-electron chi connectivity index (χ3n) is 4.38. The second-order valence-electron chi connectivity index (χ2n) is 6.31. The van der Waals surface area contributed by atoms with Crippen LogP contribution < -0.4 is 21.0 Å². The zero-order valence-electron chi connectivity index (χ0n) is 16.0. The van der Waals surface area contributed by atoms with E-state index < -0.39 is 0 Å². The molecule has 3 N–H and O–H groups in total. The zero-order valence-corrected chi connectivity index (χ0v) is 16.0. The first-order chi connectivity index (χ1) is 14.3. The Morgan fingerprint density at radius 2 is 1.48 bits per heavy atom. The zero-order chi connectivity index (χ0) is 19.9. The number of hydrogen-bond acceptors (Lipinski definition) is 6. The van der Waals surface area contributed by atoms with Gasteiger partial charge in [-0.15, -0.1) is 0 Å². The molecule has 29 heavy (non-hydrogen) atoms. The van der Waals surface area contributed by atoms with Crippen LogP contribution in [-0.2, 0) is 0 Å². The molecule has 4 rings (SSSR count). The lowest BCUT2D eigenvalue weighted by Gasteiger charge is -2.22. The summed E-state index contributed by atoms with van der Waals surface area (Å²) in [6, 6.07) is 27.8. The summed E-state index contributed by atoms with van der Waals surface area (Å²) in [7, 11) is 1.64. The molecule has 0 fully saturated rings. The van der Waals surface area contributed by atoms with Crippen molar-refractivity contribution in [3.8, 4) is 5.75 Å². The van der Waals surface area contributed by atoms with Crippen LogP contribution in [0.2, 0.25) is 0 Å². The van der Waals surface area contributed by atoms with E-state index in [0.717, 1.165) is 33.8 Å². The Morgan fingerprint density at radius 3 is 2.14 bits per heavy atom. The fourth-order valence-corrected chi connectivity index (χ4v) is 2.91. The van der Waals surface area contributed by atoms with E-state index in [4.69, 9.17) is 9.73 Å². The van der Waals surface area contributed by atoms with E-state index in [-0.39, 0.29) is 0 Å². The van der Waals surface area contributed by atoms with Crippen LogP contribution in [0.3, 0.4) is 0 Å². The summed E-state index contributed by atoms with van der Waals surface area (Å²) in [5, 5.41) is 4.27. The van der Waals surface area contributed by atoms with Crippen LogP contribution in [-0.4, -0.2) is 19.3 Å². The predicted molar refractivity (Wildman–Crippen MR) is 117 cm³/mol. The van der Waals surface area contributed by atoms with Gasteiger partial charge in [-0.1, -0.05) is 60.7 Å². The quantitative estimate of drug-likeness (QED) is 0.465. The molecule has 0 atom stereocenters. The van der Waals surface area contributed by atoms with E-state index in [0.29, 0.717) is 5.96 Å². The van der Waals surface area contributed by atoms with Crippen molar-refractivity contribution in [3.63, 3.8) is 0 Å². The van der Waals surface area contributed by atoms with E-state index in [2.05, 4.69) is 21.4 Å². The molecule has 0 amide bonds. The average Bonchev–Trinajstić information content (AvgIpc) is 2.80. The lowest BCUT2D eigenvalue weighted by atomic mass is 10.1. The highest BCUT2D eigenvalue weighted by Gasteiger charge is 2.17. The maximum atomic E-state index is 5.17. The van der Waals surface area contributed by atoms with Crippen molar-refractivity contribution in [1.29, 1.82) is 0 Å². The topological polar surface area (TPSA) is 70.0 Å². The summed E-state index contributed by atoms with van der Waals surface area (Å²) in [5.41, 5.74) is 14.0. The fourth-order valence-electron chi connectivity index (χ4n) is 2.91. The van der Waals surface area contributed by atoms with E-state index in [1.54, 1.807) is 13.3 Å². The molecule has 1 heterocycles. The minimum absolute atomic E-state index is 0.508. The predicted octanol–water partition coefficient (Wildman–Crippen LogP) is 3.61. The molecule has 144 valence electrons. The molecular weight excluding hydrogens is 362 g/mol. The summed E-state index contributed by atoms with van der Waals surface area (Å²) in [5.74, 6) is 1.32. The Kier molecular flexibility index (Phi) is 5.53. The van der Waals surface area contributed by atoms with Gasteiger partial charge in [-0.3, -0.25) is 10.9 Å². The average molecular weight is 383 g/mol. The number of aliphatic imine (C=N–C) groups is 1. The van der Waals surface area contributed by atoms with Gasteiger partial charge in [-0.05, 0) is 29.8 Å². The van der Waals surface area contributed by atoms with Crippen LogP contribution in [0.25, 0.3) is 11.4 Å².